The van der Waals surface area contributed by atoms with Crippen LogP contribution >= 0.6 is 27.5 Å². The molecule has 0 saturated heterocycles. The maximum absolute atomic E-state index is 12.8. The average Bonchev–Trinajstić information content (AvgIpc) is 2.68. The van der Waals surface area contributed by atoms with E-state index in [0.717, 1.165) is 15.6 Å². The lowest BCUT2D eigenvalue weighted by Crippen LogP contribution is -2.28. The number of carbonyl (C=O) groups is 1. The van der Waals surface area contributed by atoms with E-state index < -0.39 is 17.1 Å². The van der Waals surface area contributed by atoms with Crippen molar-refractivity contribution in [3.05, 3.63) is 91.0 Å². The van der Waals surface area contributed by atoms with E-state index in [2.05, 4.69) is 25.9 Å². The van der Waals surface area contributed by atoms with Crippen LogP contribution in [0.1, 0.15) is 48.2 Å². The number of aromatic amines is 1. The van der Waals surface area contributed by atoms with Crippen molar-refractivity contribution in [3.8, 4) is 5.75 Å². The summed E-state index contributed by atoms with van der Waals surface area (Å²) in [6, 6.07) is 14.6. The summed E-state index contributed by atoms with van der Waals surface area (Å²) in [6.07, 6.45) is 0.280. The van der Waals surface area contributed by atoms with Crippen molar-refractivity contribution in [2.24, 2.45) is 0 Å². The van der Waals surface area contributed by atoms with Gasteiger partial charge in [-0.15, -0.1) is 0 Å². The zero-order chi connectivity index (χ0) is 22.6. The van der Waals surface area contributed by atoms with Crippen LogP contribution in [0, 0.1) is 0 Å². The molecule has 31 heavy (non-hydrogen) atoms. The van der Waals surface area contributed by atoms with Gasteiger partial charge in [-0.1, -0.05) is 63.9 Å². The minimum absolute atomic E-state index is 0.115. The Morgan fingerprint density at radius 3 is 2.52 bits per heavy atom. The topological polar surface area (TPSA) is 81.3 Å². The van der Waals surface area contributed by atoms with Gasteiger partial charge in [-0.2, -0.15) is 0 Å². The van der Waals surface area contributed by atoms with Crippen LogP contribution in [0.15, 0.2) is 57.8 Å². The Hall–Kier alpha value is -2.64. The van der Waals surface area contributed by atoms with E-state index in [-0.39, 0.29) is 24.5 Å². The number of aromatic nitrogens is 2. The molecule has 8 heteroatoms. The molecule has 6 nitrogen and oxygen atoms in total. The van der Waals surface area contributed by atoms with Crippen LogP contribution in [-0.2, 0) is 17.8 Å². The van der Waals surface area contributed by atoms with Gasteiger partial charge in [0.25, 0.3) is 5.56 Å². The van der Waals surface area contributed by atoms with Crippen molar-refractivity contribution in [2.45, 2.75) is 39.4 Å². The van der Waals surface area contributed by atoms with Crippen LogP contribution in [0.2, 0.25) is 5.02 Å². The second-order valence-corrected chi connectivity index (χ2v) is 9.17. The van der Waals surface area contributed by atoms with Crippen LogP contribution < -0.4 is 10.3 Å². The first kappa shape index (κ1) is 23.0. The molecule has 2 aromatic carbocycles. The van der Waals surface area contributed by atoms with Crippen LogP contribution in [0.5, 0.6) is 5.75 Å². The quantitative estimate of drug-likeness (QED) is 0.459. The smallest absolute Gasteiger partial charge is 0.361 e. The van der Waals surface area contributed by atoms with Crippen molar-refractivity contribution in [3.63, 3.8) is 0 Å². The Balaban J connectivity index is 1.97. The molecule has 3 aromatic rings. The van der Waals surface area contributed by atoms with Gasteiger partial charge in [0.05, 0.1) is 0 Å². The van der Waals surface area contributed by atoms with Gasteiger partial charge in [-0.25, -0.2) is 9.78 Å². The molecule has 0 spiro atoms. The van der Waals surface area contributed by atoms with E-state index in [0.29, 0.717) is 10.8 Å². The van der Waals surface area contributed by atoms with Crippen molar-refractivity contribution in [1.29, 1.82) is 0 Å². The summed E-state index contributed by atoms with van der Waals surface area (Å²) in [4.78, 5) is 32.7. The van der Waals surface area contributed by atoms with E-state index in [1.807, 2.05) is 36.4 Å². The Morgan fingerprint density at radius 1 is 1.16 bits per heavy atom. The molecule has 162 valence electrons. The molecule has 0 atom stereocenters. The number of nitrogens with one attached hydrogen (secondary N) is 1. The average molecular weight is 506 g/mol. The SMILES string of the molecule is CC(C)(C)OC(=O)c1nc(Cc2ccc(Cl)cc2Br)[nH]c(=O)c1OCc1ccccc1. The highest BCUT2D eigenvalue weighted by molar-refractivity contribution is 9.10. The first-order valence-electron chi connectivity index (χ1n) is 9.59. The number of carbonyl (C=O) groups excluding carboxylic acids is 1. The standard InChI is InChI=1S/C23H22BrClN2O4/c1-23(2,3)31-22(29)19-20(30-13-14-7-5-4-6-8-14)21(28)27-18(26-19)11-15-9-10-16(25)12-17(15)24/h4-10,12H,11,13H2,1-3H3,(H,26,27,28). The number of rotatable bonds is 6. The second-order valence-electron chi connectivity index (χ2n) is 7.88. The highest BCUT2D eigenvalue weighted by Crippen LogP contribution is 2.24. The molecule has 0 aliphatic carbocycles. The van der Waals surface area contributed by atoms with Gasteiger partial charge in [-0.3, -0.25) is 4.79 Å². The lowest BCUT2D eigenvalue weighted by molar-refractivity contribution is 0.00573. The molecule has 0 amide bonds. The molecular formula is C23H22BrClN2O4. The zero-order valence-electron chi connectivity index (χ0n) is 17.4. The third-order valence-corrected chi connectivity index (χ3v) is 5.09. The normalized spacial score (nSPS) is 11.3. The summed E-state index contributed by atoms with van der Waals surface area (Å²) in [5.74, 6) is -0.587. The number of H-pyrrole nitrogens is 1. The Morgan fingerprint density at radius 2 is 1.87 bits per heavy atom. The highest BCUT2D eigenvalue weighted by atomic mass is 79.9. The van der Waals surface area contributed by atoms with Gasteiger partial charge in [0.2, 0.25) is 5.75 Å². The third kappa shape index (κ3) is 6.42. The Kier molecular flexibility index (Phi) is 7.18. The summed E-state index contributed by atoms with van der Waals surface area (Å²) >= 11 is 9.45. The minimum Gasteiger partial charge on any atom is -0.481 e. The number of ether oxygens (including phenoxy) is 2. The van der Waals surface area contributed by atoms with Crippen molar-refractivity contribution in [1.82, 2.24) is 9.97 Å². The van der Waals surface area contributed by atoms with Crippen molar-refractivity contribution >= 4 is 33.5 Å². The highest BCUT2D eigenvalue weighted by Gasteiger charge is 2.26. The van der Waals surface area contributed by atoms with Gasteiger partial charge < -0.3 is 14.5 Å². The van der Waals surface area contributed by atoms with E-state index in [4.69, 9.17) is 21.1 Å². The minimum atomic E-state index is -0.753. The monoisotopic (exact) mass is 504 g/mol. The fourth-order valence-corrected chi connectivity index (χ4v) is 3.59. The summed E-state index contributed by atoms with van der Waals surface area (Å²) in [5, 5.41) is 0.580. The first-order valence-corrected chi connectivity index (χ1v) is 10.8. The third-order valence-electron chi connectivity index (χ3n) is 4.12. The molecule has 0 unspecified atom stereocenters. The summed E-state index contributed by atoms with van der Waals surface area (Å²) in [5.41, 5.74) is 0.241. The number of esters is 1. The van der Waals surface area contributed by atoms with Crippen LogP contribution in [0.4, 0.5) is 0 Å². The number of nitrogens with zero attached hydrogens (tertiary/aromatic N) is 1. The summed E-state index contributed by atoms with van der Waals surface area (Å²) in [6.45, 7) is 5.35. The number of halogens is 2. The summed E-state index contributed by atoms with van der Waals surface area (Å²) in [7, 11) is 0. The zero-order valence-corrected chi connectivity index (χ0v) is 19.7. The fraction of sp³-hybridized carbons (Fsp3) is 0.261. The van der Waals surface area contributed by atoms with Gasteiger partial charge in [0.1, 0.15) is 18.0 Å². The Labute approximate surface area is 193 Å². The van der Waals surface area contributed by atoms with E-state index in [9.17, 15) is 9.59 Å². The van der Waals surface area contributed by atoms with Gasteiger partial charge in [0.15, 0.2) is 5.69 Å². The van der Waals surface area contributed by atoms with E-state index in [1.54, 1.807) is 32.9 Å². The van der Waals surface area contributed by atoms with E-state index >= 15 is 0 Å². The molecule has 0 aliphatic heterocycles. The molecule has 3 rings (SSSR count). The van der Waals surface area contributed by atoms with Crippen LogP contribution in [0.25, 0.3) is 0 Å². The second kappa shape index (κ2) is 9.66. The van der Waals surface area contributed by atoms with Gasteiger partial charge >= 0.3 is 5.97 Å². The van der Waals surface area contributed by atoms with Gasteiger partial charge in [-0.05, 0) is 44.0 Å². The van der Waals surface area contributed by atoms with Crippen molar-refractivity contribution in [2.75, 3.05) is 0 Å². The number of hydrogen-bond donors (Lipinski definition) is 1. The van der Waals surface area contributed by atoms with Crippen molar-refractivity contribution < 1.29 is 14.3 Å². The van der Waals surface area contributed by atoms with Crippen LogP contribution in [-0.4, -0.2) is 21.5 Å². The van der Waals surface area contributed by atoms with E-state index in [1.165, 1.54) is 0 Å². The lowest BCUT2D eigenvalue weighted by Gasteiger charge is -2.20. The Bertz CT molecular complexity index is 1140. The molecule has 0 radical (unpaired) electrons. The molecule has 1 aromatic heterocycles. The molecule has 1 heterocycles. The predicted octanol–water partition coefficient (Wildman–Crippen LogP) is 5.31. The number of hydrogen-bond acceptors (Lipinski definition) is 5. The maximum Gasteiger partial charge on any atom is 0.361 e. The van der Waals surface area contributed by atoms with Crippen LogP contribution in [0.3, 0.4) is 0 Å². The molecular weight excluding hydrogens is 484 g/mol. The lowest BCUT2D eigenvalue weighted by atomic mass is 10.1. The number of benzene rings is 2. The molecule has 0 bridgehead atoms. The van der Waals surface area contributed by atoms with Gasteiger partial charge in [0, 0.05) is 15.9 Å². The predicted molar refractivity (Wildman–Crippen MR) is 123 cm³/mol. The molecule has 0 fully saturated rings. The molecule has 1 N–H and O–H groups in total. The maximum atomic E-state index is 12.8. The molecule has 0 saturated carbocycles. The fourth-order valence-electron chi connectivity index (χ4n) is 2.77. The molecule has 0 aliphatic rings. The first-order chi connectivity index (χ1) is 14.6. The summed E-state index contributed by atoms with van der Waals surface area (Å²) < 4.78 is 11.9. The largest absolute Gasteiger partial charge is 0.481 e.